The number of nitrogens with zero attached hydrogens (tertiary/aromatic N) is 6. The third-order valence-corrected chi connectivity index (χ3v) is 17.2. The van der Waals surface area contributed by atoms with Gasteiger partial charge in [0.05, 0.1) is 69.2 Å². The topological polar surface area (TPSA) is 146 Å². The first kappa shape index (κ1) is 61.0. The molecule has 0 atom stereocenters. The number of pyridine rings is 4. The van der Waals surface area contributed by atoms with Gasteiger partial charge in [0.15, 0.2) is 0 Å². The number of fused-ring (bicyclic) bond motifs is 8. The molecule has 8 aromatic carbocycles. The molecule has 0 aliphatic rings. The molecule has 12 nitrogen and oxygen atoms in total. The second kappa shape index (κ2) is 28.9. The molecule has 2 amide bonds. The van der Waals surface area contributed by atoms with Gasteiger partial charge in [0.2, 0.25) is 11.8 Å². The molecular weight excluding hydrogens is 1140 g/mol. The summed E-state index contributed by atoms with van der Waals surface area (Å²) in [6, 6.07) is 56.8. The highest BCUT2D eigenvalue weighted by Crippen LogP contribution is 2.36. The van der Waals surface area contributed by atoms with Gasteiger partial charge < -0.3 is 30.3 Å². The van der Waals surface area contributed by atoms with Gasteiger partial charge in [0.25, 0.3) is 0 Å². The zero-order valence-corrected chi connectivity index (χ0v) is 51.8. The van der Waals surface area contributed by atoms with Gasteiger partial charge in [-0.1, -0.05) is 121 Å². The summed E-state index contributed by atoms with van der Waals surface area (Å²) in [5, 5.41) is 27.2. The molecule has 0 spiro atoms. The quantitative estimate of drug-likeness (QED) is 0.0395. The number of halogens is 2. The molecule has 3 N–H and O–H groups in total. The van der Waals surface area contributed by atoms with Gasteiger partial charge in [-0.05, 0) is 153 Å². The molecule has 0 radical (unpaired) electrons. The number of ether oxygens (including phenoxy) is 1. The number of methoxy groups -OCH3 is 1. The van der Waals surface area contributed by atoms with Gasteiger partial charge in [0.1, 0.15) is 5.75 Å². The summed E-state index contributed by atoms with van der Waals surface area (Å²) in [4.78, 5) is 48.2. The molecule has 4 heterocycles. The van der Waals surface area contributed by atoms with E-state index in [-0.39, 0.29) is 18.4 Å². The second-order valence-electron chi connectivity index (χ2n) is 22.6. The number of hydrogen-bond donors (Lipinski definition) is 3. The molecule has 4 aromatic heterocycles. The van der Waals surface area contributed by atoms with Crippen LogP contribution in [0.25, 0.3) is 87.2 Å². The van der Waals surface area contributed by atoms with Crippen LogP contribution in [0.5, 0.6) is 5.75 Å². The summed E-state index contributed by atoms with van der Waals surface area (Å²) >= 11 is 12.6. The predicted octanol–water partition coefficient (Wildman–Crippen LogP) is 17.1. The van der Waals surface area contributed by atoms with Crippen LogP contribution in [0.3, 0.4) is 0 Å². The van der Waals surface area contributed by atoms with Crippen LogP contribution in [0.4, 0.5) is 11.4 Å². The Hall–Kier alpha value is -8.68. The number of para-hydroxylation sites is 4. The number of carbonyl (C=O) groups excluding carboxylic acids is 2. The first-order chi connectivity index (χ1) is 43.0. The number of unbranched alkanes of at least 4 members (excludes halogenated alkanes) is 4. The Bertz CT molecular complexity index is 4380. The first-order valence-electron chi connectivity index (χ1n) is 30.7. The van der Waals surface area contributed by atoms with Gasteiger partial charge >= 0.3 is 0 Å². The zero-order chi connectivity index (χ0) is 60.9. The molecule has 14 heteroatoms. The third-order valence-electron chi connectivity index (χ3n) is 16.7. The molecule has 12 rings (SSSR count). The molecule has 88 heavy (non-hydrogen) atoms. The largest absolute Gasteiger partial charge is 0.497 e. The maximum absolute atomic E-state index is 12.6. The number of nitrogens with one attached hydrogen (secondary N) is 2. The van der Waals surface area contributed by atoms with Crippen molar-refractivity contribution in [3.8, 4) is 5.75 Å². The van der Waals surface area contributed by atoms with E-state index in [1.165, 1.54) is 21.9 Å². The fraction of sp³-hybridized carbons (Fsp3) is 0.270. The standard InChI is InChI=1S/C38H38Cl2N4O3.C36H36N4O/c1-24(46)44(18-6-16-41-38-31-13-10-27(40)21-37(31)43-35-15-11-28(47-2)22-33(35)38)17-5-3-4-7-29-30-12-9-26(39)20-36(30)42-34-14-8-25(23-45)19-32(29)34;1-26(41)40(25-13-23-37-36-30-17-6-10-21-34(30)39-35-22-11-7-18-31(35)36)24-12-2-3-14-27-28-15-4-8-19-32(28)38-33-20-9-5-16-29(27)33/h8-15,19-22,45H,3-7,16-18,23H2,1-2H3,(H,41,43);4-11,15-22H,2-3,12-14,23-25H2,1H3,(H,37,39). The molecule has 0 bridgehead atoms. The van der Waals surface area contributed by atoms with Crippen molar-refractivity contribution < 1.29 is 19.4 Å². The first-order valence-corrected chi connectivity index (χ1v) is 31.5. The minimum absolute atomic E-state index is 0.0101. The molecular formula is C74H74Cl2N8O4. The summed E-state index contributed by atoms with van der Waals surface area (Å²) in [7, 11) is 1.66. The van der Waals surface area contributed by atoms with E-state index in [9.17, 15) is 14.7 Å². The van der Waals surface area contributed by atoms with E-state index in [1.807, 2.05) is 94.7 Å². The van der Waals surface area contributed by atoms with E-state index in [1.54, 1.807) is 21.0 Å². The molecule has 0 aliphatic heterocycles. The van der Waals surface area contributed by atoms with Crippen molar-refractivity contribution >= 4 is 134 Å². The van der Waals surface area contributed by atoms with Crippen molar-refractivity contribution in [3.05, 3.63) is 197 Å². The number of hydrogen-bond acceptors (Lipinski definition) is 10. The lowest BCUT2D eigenvalue weighted by Crippen LogP contribution is -2.31. The second-order valence-corrected chi connectivity index (χ2v) is 23.5. The molecule has 0 saturated heterocycles. The molecule has 448 valence electrons. The predicted molar refractivity (Wildman–Crippen MR) is 365 cm³/mol. The number of aliphatic hydroxyl groups is 1. The van der Waals surface area contributed by atoms with Gasteiger partial charge in [-0.25, -0.2) is 19.9 Å². The zero-order valence-electron chi connectivity index (χ0n) is 50.3. The Morgan fingerprint density at radius 3 is 1.34 bits per heavy atom. The van der Waals surface area contributed by atoms with E-state index in [0.29, 0.717) is 29.7 Å². The summed E-state index contributed by atoms with van der Waals surface area (Å²) < 4.78 is 5.49. The summed E-state index contributed by atoms with van der Waals surface area (Å²) in [5.74, 6) is 1.00. The number of benzene rings is 8. The van der Waals surface area contributed by atoms with Gasteiger partial charge in [-0.3, -0.25) is 9.59 Å². The van der Waals surface area contributed by atoms with Crippen LogP contribution in [-0.4, -0.2) is 93.0 Å². The normalized spacial score (nSPS) is 11.5. The highest BCUT2D eigenvalue weighted by Gasteiger charge is 2.17. The number of aryl methyl sites for hydroxylation is 2. The number of aliphatic hydroxyl groups excluding tert-OH is 1. The number of amides is 2. The molecule has 0 aliphatic carbocycles. The van der Waals surface area contributed by atoms with Crippen LogP contribution in [0, 0.1) is 0 Å². The highest BCUT2D eigenvalue weighted by atomic mass is 35.5. The molecule has 0 saturated carbocycles. The molecule has 0 fully saturated rings. The number of aromatic nitrogens is 4. The van der Waals surface area contributed by atoms with Crippen molar-refractivity contribution in [3.63, 3.8) is 0 Å². The smallest absolute Gasteiger partial charge is 0.219 e. The van der Waals surface area contributed by atoms with Crippen LogP contribution in [0.2, 0.25) is 10.0 Å². The maximum Gasteiger partial charge on any atom is 0.219 e. The Kier molecular flexibility index (Phi) is 20.0. The van der Waals surface area contributed by atoms with Crippen molar-refractivity contribution in [1.82, 2.24) is 29.7 Å². The number of rotatable bonds is 24. The van der Waals surface area contributed by atoms with Crippen molar-refractivity contribution in [2.24, 2.45) is 0 Å². The lowest BCUT2D eigenvalue weighted by Gasteiger charge is -2.22. The average molecular weight is 1210 g/mol. The van der Waals surface area contributed by atoms with E-state index in [4.69, 9.17) is 47.9 Å². The minimum Gasteiger partial charge on any atom is -0.497 e. The van der Waals surface area contributed by atoms with Crippen LogP contribution < -0.4 is 15.4 Å². The van der Waals surface area contributed by atoms with Gasteiger partial charge in [-0.15, -0.1) is 0 Å². The fourth-order valence-electron chi connectivity index (χ4n) is 12.2. The van der Waals surface area contributed by atoms with Crippen LogP contribution in [0.1, 0.15) is 81.9 Å². The number of carbonyl (C=O) groups is 2. The van der Waals surface area contributed by atoms with Gasteiger partial charge in [0, 0.05) is 106 Å². The van der Waals surface area contributed by atoms with Crippen LogP contribution in [-0.2, 0) is 29.0 Å². The van der Waals surface area contributed by atoms with E-state index in [2.05, 4.69) is 95.6 Å². The average Bonchev–Trinajstić information content (AvgIpc) is 1.88. The Balaban J connectivity index is 0.000000184. The minimum atomic E-state index is -0.0101. The fourth-order valence-corrected chi connectivity index (χ4v) is 12.6. The Morgan fingerprint density at radius 2 is 0.818 bits per heavy atom. The number of anilines is 2. The SMILES string of the molecule is CC(=O)N(CCCCCc1c2ccccc2nc2ccccc12)CCCNc1c2ccccc2nc2ccccc12.COc1ccc2nc3cc(Cl)ccc3c(NCCCN(CCCCCc3c4ccc(Cl)cc4nc4ccc(CO)cc34)C(C)=O)c2c1. The molecule has 0 unspecified atom stereocenters. The monoisotopic (exact) mass is 1210 g/mol. The maximum atomic E-state index is 12.6. The lowest BCUT2D eigenvalue weighted by atomic mass is 9.96. The van der Waals surface area contributed by atoms with Gasteiger partial charge in [-0.2, -0.15) is 0 Å². The third kappa shape index (κ3) is 14.3. The van der Waals surface area contributed by atoms with Crippen molar-refractivity contribution in [2.75, 3.05) is 57.0 Å². The molecule has 12 aromatic rings. The van der Waals surface area contributed by atoms with Crippen molar-refractivity contribution in [2.45, 2.75) is 84.7 Å². The van der Waals surface area contributed by atoms with E-state index in [0.717, 1.165) is 183 Å². The summed E-state index contributed by atoms with van der Waals surface area (Å²) in [5.41, 5.74) is 13.2. The Labute approximate surface area is 523 Å². The summed E-state index contributed by atoms with van der Waals surface area (Å²) in [6.45, 7) is 7.75. The lowest BCUT2D eigenvalue weighted by molar-refractivity contribution is -0.129. The highest BCUT2D eigenvalue weighted by molar-refractivity contribution is 6.32. The van der Waals surface area contributed by atoms with Crippen molar-refractivity contribution in [1.29, 1.82) is 0 Å². The summed E-state index contributed by atoms with van der Waals surface area (Å²) in [6.07, 6.45) is 9.64. The van der Waals surface area contributed by atoms with Crippen LogP contribution in [0.15, 0.2) is 170 Å². The van der Waals surface area contributed by atoms with E-state index < -0.39 is 0 Å². The van der Waals surface area contributed by atoms with E-state index >= 15 is 0 Å². The van der Waals surface area contributed by atoms with Crippen LogP contribution >= 0.6 is 23.2 Å². The Morgan fingerprint density at radius 1 is 0.420 bits per heavy atom.